The normalized spacial score (nSPS) is 41.0. The number of carbonyl (C=O) groups is 4. The van der Waals surface area contributed by atoms with Gasteiger partial charge in [-0.2, -0.15) is 0 Å². The first-order chi connectivity index (χ1) is 27.0. The van der Waals surface area contributed by atoms with Gasteiger partial charge in [0.25, 0.3) is 11.7 Å². The number of cyclic esters (lactones) is 1. The van der Waals surface area contributed by atoms with Crippen LogP contribution in [-0.4, -0.2) is 125 Å². The van der Waals surface area contributed by atoms with E-state index >= 15 is 0 Å². The molecule has 0 aromatic carbocycles. The second kappa shape index (κ2) is 21.0. The number of hydrogen-bond acceptors (Lipinski definition) is 12. The lowest BCUT2D eigenvalue weighted by Crippen LogP contribution is -2.64. The molecule has 2 saturated heterocycles. The number of ether oxygens (including phenoxy) is 4. The van der Waals surface area contributed by atoms with Crippen molar-refractivity contribution in [2.24, 2.45) is 35.5 Å². The van der Waals surface area contributed by atoms with E-state index in [2.05, 4.69) is 6.58 Å². The van der Waals surface area contributed by atoms with E-state index in [1.54, 1.807) is 26.8 Å². The standard InChI is InChI=1S/C44H69NO12/c1-9-12-31-18-25(2)17-26(3)19-37(54-7)40-38(55-8)21-28(5)44(53,57-40)41(50)42(51)45-16-11-10-13-33(45)43(52)56-39(29(6)35(48)23-36(31)49)27(4)20-30-14-15-34(47)32(22-30)24-46/h9,18,20,26,28-35,37-40,46-48,53H,1,10-17,19,21-24H2,2-8H3/b25-18+,27-20+/t26-,28+,29+,30-,31+,32-,33-,34+,35-,37-,38-,39+,40+,44+/m0/s1. The second-order valence-electron chi connectivity index (χ2n) is 17.4. The van der Waals surface area contributed by atoms with Crippen LogP contribution in [0.5, 0.6) is 0 Å². The molecule has 1 saturated carbocycles. The number of amides is 1. The van der Waals surface area contributed by atoms with Crippen LogP contribution >= 0.6 is 0 Å². The first kappa shape index (κ1) is 46.9. The molecule has 4 N–H and O–H groups in total. The van der Waals surface area contributed by atoms with Gasteiger partial charge in [-0.15, -0.1) is 6.58 Å². The van der Waals surface area contributed by atoms with E-state index in [1.165, 1.54) is 19.1 Å². The molecule has 1 amide bonds. The van der Waals surface area contributed by atoms with Crippen LogP contribution in [-0.2, 0) is 38.1 Å². The molecule has 3 aliphatic heterocycles. The Labute approximate surface area is 338 Å². The van der Waals surface area contributed by atoms with Crippen molar-refractivity contribution < 1.29 is 58.6 Å². The summed E-state index contributed by atoms with van der Waals surface area (Å²) in [5.74, 6) is -8.19. The molecular formula is C44H69NO12. The molecule has 13 nitrogen and oxygen atoms in total. The maximum Gasteiger partial charge on any atom is 0.329 e. The number of carbonyl (C=O) groups excluding carboxylic acids is 4. The van der Waals surface area contributed by atoms with Gasteiger partial charge in [-0.25, -0.2) is 4.79 Å². The Morgan fingerprint density at radius 3 is 2.32 bits per heavy atom. The van der Waals surface area contributed by atoms with Gasteiger partial charge in [0.2, 0.25) is 5.79 Å². The van der Waals surface area contributed by atoms with Crippen molar-refractivity contribution in [3.8, 4) is 0 Å². The first-order valence-corrected chi connectivity index (χ1v) is 21.0. The zero-order chi connectivity index (χ0) is 42.2. The highest BCUT2D eigenvalue weighted by Crippen LogP contribution is 2.39. The third kappa shape index (κ3) is 11.3. The summed E-state index contributed by atoms with van der Waals surface area (Å²) in [7, 11) is 3.04. The van der Waals surface area contributed by atoms with Gasteiger partial charge < -0.3 is 44.3 Å². The highest BCUT2D eigenvalue weighted by molar-refractivity contribution is 6.39. The topological polar surface area (TPSA) is 189 Å². The lowest BCUT2D eigenvalue weighted by molar-refractivity contribution is -0.302. The molecule has 2 bridgehead atoms. The fourth-order valence-corrected chi connectivity index (χ4v) is 9.51. The molecule has 14 atom stereocenters. The average molecular weight is 804 g/mol. The van der Waals surface area contributed by atoms with E-state index in [4.69, 9.17) is 18.9 Å². The van der Waals surface area contributed by atoms with Crippen molar-refractivity contribution >= 4 is 23.4 Å². The highest BCUT2D eigenvalue weighted by Gasteiger charge is 2.56. The molecule has 0 unspecified atom stereocenters. The van der Waals surface area contributed by atoms with Crippen LogP contribution in [0.25, 0.3) is 0 Å². The number of fused-ring (bicyclic) bond motifs is 3. The van der Waals surface area contributed by atoms with Gasteiger partial charge in [-0.3, -0.25) is 14.4 Å². The molecule has 4 aliphatic rings. The minimum absolute atomic E-state index is 0.00385. The van der Waals surface area contributed by atoms with E-state index in [0.717, 1.165) is 5.57 Å². The summed E-state index contributed by atoms with van der Waals surface area (Å²) in [6, 6.07) is -1.16. The van der Waals surface area contributed by atoms with Crippen molar-refractivity contribution in [1.29, 1.82) is 0 Å². The lowest BCUT2D eigenvalue weighted by Gasteiger charge is -2.47. The van der Waals surface area contributed by atoms with Crippen LogP contribution in [0.3, 0.4) is 0 Å². The third-order valence-corrected chi connectivity index (χ3v) is 13.0. The van der Waals surface area contributed by atoms with Gasteiger partial charge in [0.15, 0.2) is 0 Å². The number of hydrogen-bond donors (Lipinski definition) is 4. The van der Waals surface area contributed by atoms with Crippen LogP contribution in [0.2, 0.25) is 0 Å². The molecule has 3 fully saturated rings. The van der Waals surface area contributed by atoms with Crippen LogP contribution in [0.4, 0.5) is 0 Å². The zero-order valence-corrected chi connectivity index (χ0v) is 35.1. The van der Waals surface area contributed by atoms with Crippen LogP contribution in [0.15, 0.2) is 36.0 Å². The second-order valence-corrected chi connectivity index (χ2v) is 17.4. The minimum atomic E-state index is -2.52. The number of Topliss-reactive ketones (excluding diaryl/α,β-unsaturated/α-hetero) is 2. The summed E-state index contributed by atoms with van der Waals surface area (Å²) >= 11 is 0. The molecule has 1 aliphatic carbocycles. The van der Waals surface area contributed by atoms with Gasteiger partial charge in [-0.1, -0.05) is 44.6 Å². The Balaban J connectivity index is 1.78. The Hall–Kier alpha value is -2.78. The summed E-state index contributed by atoms with van der Waals surface area (Å²) in [6.07, 6.45) is 5.00. The summed E-state index contributed by atoms with van der Waals surface area (Å²) in [5, 5.41) is 44.0. The van der Waals surface area contributed by atoms with Crippen molar-refractivity contribution in [3.05, 3.63) is 36.0 Å². The van der Waals surface area contributed by atoms with Crippen molar-refractivity contribution in [2.45, 2.75) is 154 Å². The van der Waals surface area contributed by atoms with E-state index in [0.29, 0.717) is 56.9 Å². The maximum atomic E-state index is 14.3. The number of esters is 1. The first-order valence-electron chi connectivity index (χ1n) is 21.0. The van der Waals surface area contributed by atoms with Gasteiger partial charge in [0.05, 0.1) is 24.4 Å². The minimum Gasteiger partial charge on any atom is -0.456 e. The molecular weight excluding hydrogens is 734 g/mol. The van der Waals surface area contributed by atoms with Gasteiger partial charge in [0.1, 0.15) is 24.0 Å². The maximum absolute atomic E-state index is 14.3. The summed E-state index contributed by atoms with van der Waals surface area (Å²) < 4.78 is 24.2. The third-order valence-electron chi connectivity index (χ3n) is 13.0. The van der Waals surface area contributed by atoms with Crippen LogP contribution < -0.4 is 0 Å². The molecule has 0 spiro atoms. The largest absolute Gasteiger partial charge is 0.456 e. The smallest absolute Gasteiger partial charge is 0.329 e. The molecule has 0 aromatic rings. The number of piperidine rings is 1. The number of ketones is 2. The Morgan fingerprint density at radius 1 is 0.982 bits per heavy atom. The van der Waals surface area contributed by atoms with E-state index in [1.807, 2.05) is 26.0 Å². The molecule has 0 aromatic heterocycles. The number of methoxy groups -OCH3 is 2. The predicted molar refractivity (Wildman–Crippen MR) is 212 cm³/mol. The molecule has 13 heteroatoms. The van der Waals surface area contributed by atoms with Gasteiger partial charge >= 0.3 is 5.97 Å². The summed E-state index contributed by atoms with van der Waals surface area (Å²) in [4.78, 5) is 57.8. The lowest BCUT2D eigenvalue weighted by atomic mass is 9.78. The fourth-order valence-electron chi connectivity index (χ4n) is 9.51. The molecule has 57 heavy (non-hydrogen) atoms. The summed E-state index contributed by atoms with van der Waals surface area (Å²) in [6.45, 7) is 12.9. The van der Waals surface area contributed by atoms with Crippen LogP contribution in [0, 0.1) is 35.5 Å². The quantitative estimate of drug-likeness (QED) is 0.163. The number of aliphatic hydroxyl groups is 4. The molecule has 322 valence electrons. The highest BCUT2D eigenvalue weighted by atomic mass is 16.7. The van der Waals surface area contributed by atoms with Crippen molar-refractivity contribution in [2.75, 3.05) is 27.4 Å². The van der Waals surface area contributed by atoms with E-state index in [9.17, 15) is 39.6 Å². The average Bonchev–Trinajstić information content (AvgIpc) is 3.18. The number of allylic oxidation sites excluding steroid dienone is 4. The SMILES string of the molecule is C=CC[C@@H]1/C=C(\C)C[C@H](C)C[C@H](OC)[C@H]2O[C@@](O)(C(=O)C(=O)N3CCCC[C@H]3C(=O)O[C@H](/C(C)=C/[C@@H]3CC[C@@H](O)[C@H](CO)C3)[C@H](C)[C@@H](O)CC1=O)[C@H](C)C[C@@H]2OC. The number of nitrogens with zero attached hydrogens (tertiary/aromatic N) is 1. The Morgan fingerprint density at radius 2 is 1.67 bits per heavy atom. The molecule has 3 heterocycles. The van der Waals surface area contributed by atoms with E-state index < -0.39 is 83.9 Å². The summed E-state index contributed by atoms with van der Waals surface area (Å²) in [5.41, 5.74) is 1.58. The van der Waals surface area contributed by atoms with Gasteiger partial charge in [0, 0.05) is 57.5 Å². The molecule has 0 radical (unpaired) electrons. The zero-order valence-electron chi connectivity index (χ0n) is 35.1. The monoisotopic (exact) mass is 803 g/mol. The van der Waals surface area contributed by atoms with Crippen molar-refractivity contribution in [3.63, 3.8) is 0 Å². The Kier molecular flexibility index (Phi) is 17.2. The number of aliphatic hydroxyl groups excluding tert-OH is 3. The number of rotatable bonds is 7. The van der Waals surface area contributed by atoms with Crippen LogP contribution in [0.1, 0.15) is 105 Å². The van der Waals surface area contributed by atoms with Crippen molar-refractivity contribution in [1.82, 2.24) is 4.90 Å². The van der Waals surface area contributed by atoms with Gasteiger partial charge in [-0.05, 0) is 95.5 Å². The molecule has 4 rings (SSSR count). The fraction of sp³-hybridized carbons (Fsp3) is 0.773. The Bertz CT molecular complexity index is 1480. The predicted octanol–water partition coefficient (Wildman–Crippen LogP) is 4.23. The van der Waals surface area contributed by atoms with E-state index in [-0.39, 0.29) is 56.0 Å².